The van der Waals surface area contributed by atoms with Crippen LogP contribution in [0.2, 0.25) is 0 Å². The van der Waals surface area contributed by atoms with Gasteiger partial charge < -0.3 is 14.5 Å². The van der Waals surface area contributed by atoms with Gasteiger partial charge in [0.25, 0.3) is 6.01 Å². The van der Waals surface area contributed by atoms with Crippen LogP contribution in [0.5, 0.6) is 5.75 Å². The summed E-state index contributed by atoms with van der Waals surface area (Å²) in [7, 11) is 1.66. The van der Waals surface area contributed by atoms with Crippen molar-refractivity contribution in [2.45, 2.75) is 6.54 Å². The SMILES string of the molecule is COc1ccccc1CNc1nc2ccccc2o1. The van der Waals surface area contributed by atoms with Crippen molar-refractivity contribution in [3.05, 3.63) is 54.1 Å². The second kappa shape index (κ2) is 5.02. The molecule has 96 valence electrons. The highest BCUT2D eigenvalue weighted by Crippen LogP contribution is 2.21. The van der Waals surface area contributed by atoms with Crippen molar-refractivity contribution >= 4 is 17.1 Å². The molecule has 3 aromatic rings. The molecular formula is C15H14N2O2. The summed E-state index contributed by atoms with van der Waals surface area (Å²) < 4.78 is 10.9. The summed E-state index contributed by atoms with van der Waals surface area (Å²) in [4.78, 5) is 4.36. The summed E-state index contributed by atoms with van der Waals surface area (Å²) in [6.07, 6.45) is 0. The van der Waals surface area contributed by atoms with Crippen molar-refractivity contribution in [2.24, 2.45) is 0 Å². The molecular weight excluding hydrogens is 240 g/mol. The normalized spacial score (nSPS) is 10.6. The number of rotatable bonds is 4. The van der Waals surface area contributed by atoms with E-state index >= 15 is 0 Å². The summed E-state index contributed by atoms with van der Waals surface area (Å²) in [5.74, 6) is 0.853. The van der Waals surface area contributed by atoms with Crippen LogP contribution in [0.3, 0.4) is 0 Å². The lowest BCUT2D eigenvalue weighted by Crippen LogP contribution is -2.01. The summed E-state index contributed by atoms with van der Waals surface area (Å²) in [5.41, 5.74) is 2.70. The van der Waals surface area contributed by atoms with Gasteiger partial charge in [-0.3, -0.25) is 0 Å². The Morgan fingerprint density at radius 3 is 2.74 bits per heavy atom. The van der Waals surface area contributed by atoms with Gasteiger partial charge in [0, 0.05) is 12.1 Å². The van der Waals surface area contributed by atoms with Crippen LogP contribution in [0.4, 0.5) is 6.01 Å². The van der Waals surface area contributed by atoms with Crippen molar-refractivity contribution in [1.82, 2.24) is 4.98 Å². The average molecular weight is 254 g/mol. The molecule has 2 aromatic carbocycles. The number of fused-ring (bicyclic) bond motifs is 1. The van der Waals surface area contributed by atoms with Gasteiger partial charge in [-0.25, -0.2) is 0 Å². The van der Waals surface area contributed by atoms with E-state index in [4.69, 9.17) is 9.15 Å². The largest absolute Gasteiger partial charge is 0.496 e. The fourth-order valence-electron chi connectivity index (χ4n) is 1.97. The van der Waals surface area contributed by atoms with Gasteiger partial charge in [0.1, 0.15) is 11.3 Å². The highest BCUT2D eigenvalue weighted by molar-refractivity contribution is 5.74. The Morgan fingerprint density at radius 1 is 1.11 bits per heavy atom. The maximum Gasteiger partial charge on any atom is 0.295 e. The first-order chi connectivity index (χ1) is 9.36. The van der Waals surface area contributed by atoms with E-state index in [2.05, 4.69) is 10.3 Å². The average Bonchev–Trinajstić information content (AvgIpc) is 2.88. The Balaban J connectivity index is 1.78. The van der Waals surface area contributed by atoms with Crippen molar-refractivity contribution in [3.63, 3.8) is 0 Å². The zero-order valence-corrected chi connectivity index (χ0v) is 10.6. The lowest BCUT2D eigenvalue weighted by Gasteiger charge is -2.07. The molecule has 0 saturated carbocycles. The predicted octanol–water partition coefficient (Wildman–Crippen LogP) is 3.45. The Hall–Kier alpha value is -2.49. The Bertz CT molecular complexity index is 658. The van der Waals surface area contributed by atoms with Gasteiger partial charge in [-0.1, -0.05) is 30.3 Å². The molecule has 0 fully saturated rings. The van der Waals surface area contributed by atoms with Crippen LogP contribution in [0, 0.1) is 0 Å². The first-order valence-electron chi connectivity index (χ1n) is 6.08. The summed E-state index contributed by atoms with van der Waals surface area (Å²) in [6.45, 7) is 0.608. The van der Waals surface area contributed by atoms with Crippen molar-refractivity contribution in [2.75, 3.05) is 12.4 Å². The molecule has 4 nitrogen and oxygen atoms in total. The van der Waals surface area contributed by atoms with Gasteiger partial charge in [0.05, 0.1) is 7.11 Å². The molecule has 0 spiro atoms. The van der Waals surface area contributed by atoms with Crippen LogP contribution in [-0.4, -0.2) is 12.1 Å². The zero-order chi connectivity index (χ0) is 13.1. The van der Waals surface area contributed by atoms with E-state index in [9.17, 15) is 0 Å². The number of benzene rings is 2. The second-order valence-electron chi connectivity index (χ2n) is 4.15. The van der Waals surface area contributed by atoms with Crippen LogP contribution >= 0.6 is 0 Å². The molecule has 0 amide bonds. The highest BCUT2D eigenvalue weighted by Gasteiger charge is 2.06. The highest BCUT2D eigenvalue weighted by atomic mass is 16.5. The third-order valence-electron chi connectivity index (χ3n) is 2.92. The lowest BCUT2D eigenvalue weighted by atomic mass is 10.2. The van der Waals surface area contributed by atoms with Crippen molar-refractivity contribution in [1.29, 1.82) is 0 Å². The molecule has 4 heteroatoms. The molecule has 19 heavy (non-hydrogen) atoms. The standard InChI is InChI=1S/C15H14N2O2/c1-18-13-8-4-2-6-11(13)10-16-15-17-12-7-3-5-9-14(12)19-15/h2-9H,10H2,1H3,(H,16,17). The molecule has 3 rings (SSSR count). The Morgan fingerprint density at radius 2 is 1.89 bits per heavy atom. The van der Waals surface area contributed by atoms with E-state index in [1.807, 2.05) is 48.5 Å². The predicted molar refractivity (Wildman–Crippen MR) is 74.3 cm³/mol. The summed E-state index contributed by atoms with van der Waals surface area (Å²) >= 11 is 0. The van der Waals surface area contributed by atoms with Crippen LogP contribution in [0.1, 0.15) is 5.56 Å². The molecule has 0 bridgehead atoms. The monoisotopic (exact) mass is 254 g/mol. The van der Waals surface area contributed by atoms with E-state index in [1.54, 1.807) is 7.11 Å². The maximum atomic E-state index is 5.60. The molecule has 1 heterocycles. The van der Waals surface area contributed by atoms with E-state index in [0.717, 1.165) is 22.4 Å². The molecule has 0 saturated heterocycles. The van der Waals surface area contributed by atoms with Gasteiger partial charge in [-0.2, -0.15) is 4.98 Å². The molecule has 0 aliphatic carbocycles. The fraction of sp³-hybridized carbons (Fsp3) is 0.133. The number of methoxy groups -OCH3 is 1. The summed E-state index contributed by atoms with van der Waals surface area (Å²) in [5, 5.41) is 3.17. The maximum absolute atomic E-state index is 5.60. The zero-order valence-electron chi connectivity index (χ0n) is 10.6. The first kappa shape index (κ1) is 11.6. The minimum atomic E-state index is 0.520. The third-order valence-corrected chi connectivity index (χ3v) is 2.92. The van der Waals surface area contributed by atoms with Crippen LogP contribution in [-0.2, 0) is 6.54 Å². The van der Waals surface area contributed by atoms with E-state index in [-0.39, 0.29) is 0 Å². The molecule has 0 aliphatic rings. The number of hydrogen-bond acceptors (Lipinski definition) is 4. The second-order valence-corrected chi connectivity index (χ2v) is 4.15. The quantitative estimate of drug-likeness (QED) is 0.774. The van der Waals surface area contributed by atoms with Crippen molar-refractivity contribution < 1.29 is 9.15 Å². The van der Waals surface area contributed by atoms with E-state index in [1.165, 1.54) is 0 Å². The molecule has 1 N–H and O–H groups in total. The molecule has 0 aliphatic heterocycles. The summed E-state index contributed by atoms with van der Waals surface area (Å²) in [6, 6.07) is 16.1. The lowest BCUT2D eigenvalue weighted by molar-refractivity contribution is 0.410. The van der Waals surface area contributed by atoms with Gasteiger partial charge in [-0.05, 0) is 18.2 Å². The number of ether oxygens (including phenoxy) is 1. The van der Waals surface area contributed by atoms with E-state index in [0.29, 0.717) is 12.6 Å². The number of nitrogens with zero attached hydrogens (tertiary/aromatic N) is 1. The fourth-order valence-corrected chi connectivity index (χ4v) is 1.97. The molecule has 0 unspecified atom stereocenters. The van der Waals surface area contributed by atoms with Crippen LogP contribution in [0.25, 0.3) is 11.1 Å². The minimum absolute atomic E-state index is 0.520. The molecule has 1 aromatic heterocycles. The Kier molecular flexibility index (Phi) is 3.06. The smallest absolute Gasteiger partial charge is 0.295 e. The number of hydrogen-bond donors (Lipinski definition) is 1. The third kappa shape index (κ3) is 2.38. The number of anilines is 1. The number of aromatic nitrogens is 1. The van der Waals surface area contributed by atoms with Gasteiger partial charge in [0.15, 0.2) is 5.58 Å². The number of para-hydroxylation sites is 3. The van der Waals surface area contributed by atoms with Gasteiger partial charge in [-0.15, -0.1) is 0 Å². The Labute approximate surface area is 111 Å². The number of nitrogens with one attached hydrogen (secondary N) is 1. The topological polar surface area (TPSA) is 47.3 Å². The number of oxazole rings is 1. The minimum Gasteiger partial charge on any atom is -0.496 e. The van der Waals surface area contributed by atoms with Crippen LogP contribution in [0.15, 0.2) is 52.9 Å². The molecule has 0 radical (unpaired) electrons. The molecule has 0 atom stereocenters. The van der Waals surface area contributed by atoms with Crippen molar-refractivity contribution in [3.8, 4) is 5.75 Å². The van der Waals surface area contributed by atoms with Crippen LogP contribution < -0.4 is 10.1 Å². The van der Waals surface area contributed by atoms with Gasteiger partial charge >= 0.3 is 0 Å². The first-order valence-corrected chi connectivity index (χ1v) is 6.08. The van der Waals surface area contributed by atoms with E-state index < -0.39 is 0 Å². The van der Waals surface area contributed by atoms with Gasteiger partial charge in [0.2, 0.25) is 0 Å².